The van der Waals surface area contributed by atoms with E-state index in [-0.39, 0.29) is 90.9 Å². The molecule has 516 valence electrons. The van der Waals surface area contributed by atoms with Crippen LogP contribution in [0.2, 0.25) is 0 Å². The smallest absolute Gasteiger partial charge is 0.270 e. The topological polar surface area (TPSA) is 262 Å². The minimum Gasteiger partial charge on any atom is -0.486 e. The Labute approximate surface area is 583 Å². The van der Waals surface area contributed by atoms with Crippen LogP contribution in [0.25, 0.3) is 11.4 Å². The maximum Gasteiger partial charge on any atom is 0.270 e. The number of carbonyl (C=O) groups is 3. The first-order valence-corrected chi connectivity index (χ1v) is 36.5. The van der Waals surface area contributed by atoms with E-state index in [4.69, 9.17) is 18.9 Å². The van der Waals surface area contributed by atoms with Crippen LogP contribution >= 0.6 is 11.3 Å². The molecule has 0 fully saturated rings. The van der Waals surface area contributed by atoms with Gasteiger partial charge in [-0.15, -0.1) is 11.3 Å². The number of fused-ring (bicyclic) bond motifs is 1. The number of sulfonamides is 3. The summed E-state index contributed by atoms with van der Waals surface area (Å²) in [6.45, 7) is 5.25. The zero-order chi connectivity index (χ0) is 70.7. The fourth-order valence-electron chi connectivity index (χ4n) is 10.2. The van der Waals surface area contributed by atoms with Gasteiger partial charge in [-0.05, 0) is 175 Å². The molecular weight excluding hydrogens is 1360 g/mol. The molecule has 0 bridgehead atoms. The molecule has 0 N–H and O–H groups in total. The number of aryl methyl sites for hydroxylation is 1. The van der Waals surface area contributed by atoms with Crippen molar-refractivity contribution in [3.63, 3.8) is 0 Å². The Balaban J connectivity index is 0.000000162. The highest BCUT2D eigenvalue weighted by atomic mass is 32.2. The van der Waals surface area contributed by atoms with Gasteiger partial charge in [-0.25, -0.2) is 49.0 Å². The summed E-state index contributed by atoms with van der Waals surface area (Å²) >= 11 is 1.08. The van der Waals surface area contributed by atoms with Crippen LogP contribution in [0.1, 0.15) is 66.1 Å². The first kappa shape index (κ1) is 72.4. The fraction of sp³-hybridized carbons (Fsp3) is 0.192. The van der Waals surface area contributed by atoms with E-state index in [2.05, 4.69) is 20.2 Å². The van der Waals surface area contributed by atoms with Crippen LogP contribution < -0.4 is 18.9 Å². The molecule has 7 aromatic carbocycles. The molecule has 0 spiro atoms. The normalized spacial score (nSPS) is 11.9. The van der Waals surface area contributed by atoms with Crippen molar-refractivity contribution in [2.24, 2.45) is 0 Å². The van der Waals surface area contributed by atoms with Gasteiger partial charge in [0.15, 0.2) is 28.1 Å². The van der Waals surface area contributed by atoms with E-state index in [1.165, 1.54) is 57.4 Å². The summed E-state index contributed by atoms with van der Waals surface area (Å²) in [5.41, 5.74) is 7.37. The van der Waals surface area contributed by atoms with E-state index >= 15 is 0 Å². The third-order valence-electron chi connectivity index (χ3n) is 15.1. The van der Waals surface area contributed by atoms with Crippen LogP contribution in [0.5, 0.6) is 23.0 Å². The van der Waals surface area contributed by atoms with E-state index < -0.39 is 35.9 Å². The second-order valence-corrected chi connectivity index (χ2v) is 29.8. The van der Waals surface area contributed by atoms with Gasteiger partial charge >= 0.3 is 0 Å². The average Bonchev–Trinajstić information content (AvgIpc) is 1.02. The largest absolute Gasteiger partial charge is 0.486 e. The summed E-state index contributed by atoms with van der Waals surface area (Å²) in [5, 5.41) is 10.0. The molecule has 1 aliphatic rings. The van der Waals surface area contributed by atoms with E-state index in [9.17, 15) is 44.0 Å². The van der Waals surface area contributed by atoms with Gasteiger partial charge in [0, 0.05) is 88.3 Å². The van der Waals surface area contributed by atoms with Crippen molar-refractivity contribution in [3.05, 3.63) is 281 Å². The summed E-state index contributed by atoms with van der Waals surface area (Å²) in [5.74, 6) is 1.61. The number of pyridine rings is 1. The van der Waals surface area contributed by atoms with Gasteiger partial charge in [-0.2, -0.15) is 23.1 Å². The fourth-order valence-corrected chi connectivity index (χ4v) is 15.3. The second kappa shape index (κ2) is 33.9. The molecule has 0 unspecified atom stereocenters. The number of rotatable bonds is 29. The molecule has 0 amide bonds. The maximum absolute atomic E-state index is 13.5. The number of hydrogen-bond acceptors (Lipinski definition) is 18. The van der Waals surface area contributed by atoms with E-state index in [0.29, 0.717) is 35.8 Å². The first-order chi connectivity index (χ1) is 48.1. The molecule has 0 saturated carbocycles. The molecule has 5 heterocycles. The summed E-state index contributed by atoms with van der Waals surface area (Å²) in [7, 11) is -11.6. The summed E-state index contributed by atoms with van der Waals surface area (Å²) in [6, 6.07) is 55.4. The molecule has 27 heteroatoms. The Bertz CT molecular complexity index is 4880. The average molecular weight is 1430 g/mol. The van der Waals surface area contributed by atoms with E-state index in [1.54, 1.807) is 101 Å². The van der Waals surface area contributed by atoms with Crippen LogP contribution in [0, 0.1) is 5.82 Å². The number of nitrogens with zero attached hydrogens (tertiary/aromatic N) is 9. The molecule has 0 radical (unpaired) electrons. The third kappa shape index (κ3) is 20.1. The number of benzene rings is 7. The molecule has 1 aliphatic heterocycles. The molecule has 22 nitrogen and oxygen atoms in total. The van der Waals surface area contributed by atoms with Crippen molar-refractivity contribution in [2.45, 2.75) is 87.1 Å². The van der Waals surface area contributed by atoms with Crippen molar-refractivity contribution in [3.8, 4) is 34.4 Å². The van der Waals surface area contributed by atoms with Crippen LogP contribution in [0.3, 0.4) is 0 Å². The van der Waals surface area contributed by atoms with Gasteiger partial charge in [0.1, 0.15) is 36.3 Å². The first-order valence-electron chi connectivity index (χ1n) is 31.3. The van der Waals surface area contributed by atoms with Gasteiger partial charge in [-0.3, -0.25) is 9.59 Å². The monoisotopic (exact) mass is 1430 g/mol. The molecule has 11 aromatic rings. The molecule has 4 aromatic heterocycles. The lowest BCUT2D eigenvalue weighted by Gasteiger charge is -2.23. The number of ether oxygens (including phenoxy) is 4. The van der Waals surface area contributed by atoms with Gasteiger partial charge in [0.2, 0.25) is 21.2 Å². The van der Waals surface area contributed by atoms with E-state index in [0.717, 1.165) is 73.8 Å². The number of Topliss-reactive ketones (excluding diaryl/α,β-unsaturated/α-hetero) is 3. The molecule has 100 heavy (non-hydrogen) atoms. The predicted molar refractivity (Wildman–Crippen MR) is 372 cm³/mol. The van der Waals surface area contributed by atoms with Crippen molar-refractivity contribution in [2.75, 3.05) is 20.0 Å². The maximum atomic E-state index is 13.5. The zero-order valence-corrected chi connectivity index (χ0v) is 57.9. The lowest BCUT2D eigenvalue weighted by molar-refractivity contribution is -0.119. The Hall–Kier alpha value is -10.4. The predicted octanol–water partition coefficient (Wildman–Crippen LogP) is 11.8. The summed E-state index contributed by atoms with van der Waals surface area (Å²) in [4.78, 5) is 41.9. The zero-order valence-electron chi connectivity index (χ0n) is 54.6. The standard InChI is InChI=1S/C25H24FNO5S.C25H24N4O4S.C23H22N4O4S2/c1-18(28)5-6-19-3-2-4-20(13-19)15-27(33(29,30)23-10-8-22(26)9-11-23)16-21-7-12-24-25(14-21)32-17-31-24;1-20(30)19-33-24-7-4-6-22(16-24)18-28(34(31,32)25-8-2-3-13-26-25)17-21-9-11-23(12-10-21)29-15-5-14-27-29;1-18(28)17-31-22-5-2-4-20(14-22)16-26(33(29,30)23-24-11-13-32-23)15-19-6-8-21(9-7-19)27-12-3-10-25-27/h2-4,7-14H,5-6,15-17H2,1H3;2-16H,17-19H2,1H3;2-14H,15-17H2,1H3. The lowest BCUT2D eigenvalue weighted by atomic mass is 10.1. The van der Waals surface area contributed by atoms with Crippen molar-refractivity contribution in [1.82, 2.24) is 42.4 Å². The molecule has 0 saturated heterocycles. The number of halogens is 1. The van der Waals surface area contributed by atoms with E-state index in [1.807, 2.05) is 109 Å². The second-order valence-electron chi connectivity index (χ2n) is 23.0. The molecule has 0 atom stereocenters. The number of thiazole rings is 1. The van der Waals surface area contributed by atoms with Crippen LogP contribution in [0.4, 0.5) is 4.39 Å². The SMILES string of the molecule is CC(=O)CCc1cccc(CN(Cc2ccc3c(c2)OCO3)S(=O)(=O)c2ccc(F)cc2)c1.CC(=O)COc1cccc(CN(Cc2ccc(-n3cccn3)cc2)S(=O)(=O)c2ccccn2)c1.CC(=O)COc1cccc(CN(Cc2ccc(-n3cccn3)cc2)S(=O)(=O)c2nccs2)c1. The van der Waals surface area contributed by atoms with Crippen LogP contribution in [0.15, 0.2) is 251 Å². The molecular formula is C73H70FN9O13S4. The van der Waals surface area contributed by atoms with Gasteiger partial charge in [-0.1, -0.05) is 84.9 Å². The Morgan fingerprint density at radius 1 is 0.470 bits per heavy atom. The lowest BCUT2D eigenvalue weighted by Crippen LogP contribution is -2.31. The Morgan fingerprint density at radius 2 is 0.960 bits per heavy atom. The summed E-state index contributed by atoms with van der Waals surface area (Å²) < 4.78 is 123. The minimum atomic E-state index is -3.93. The molecule has 0 aliphatic carbocycles. The van der Waals surface area contributed by atoms with Crippen LogP contribution in [-0.4, -0.2) is 105 Å². The van der Waals surface area contributed by atoms with Crippen LogP contribution in [-0.2, 0) is 90.1 Å². The molecule has 12 rings (SSSR count). The Morgan fingerprint density at radius 3 is 1.46 bits per heavy atom. The number of hydrogen-bond donors (Lipinski definition) is 0. The van der Waals surface area contributed by atoms with Gasteiger partial charge < -0.3 is 23.7 Å². The number of aromatic nitrogens is 6. The Kier molecular flexibility index (Phi) is 24.5. The highest BCUT2D eigenvalue weighted by Crippen LogP contribution is 2.34. The quantitative estimate of drug-likeness (QED) is 0.0422. The highest BCUT2D eigenvalue weighted by Gasteiger charge is 2.30. The number of ketones is 3. The van der Waals surface area contributed by atoms with Gasteiger partial charge in [0.05, 0.1) is 16.3 Å². The third-order valence-corrected chi connectivity index (χ3v) is 21.6. The van der Waals surface area contributed by atoms with Crippen molar-refractivity contribution >= 4 is 58.8 Å². The minimum absolute atomic E-state index is 0.0115. The van der Waals surface area contributed by atoms with Gasteiger partial charge in [0.25, 0.3) is 20.0 Å². The highest BCUT2D eigenvalue weighted by molar-refractivity contribution is 7.91. The summed E-state index contributed by atoms with van der Waals surface area (Å²) in [6.07, 6.45) is 11.0. The van der Waals surface area contributed by atoms with Crippen molar-refractivity contribution in [1.29, 1.82) is 0 Å². The van der Waals surface area contributed by atoms with Crippen molar-refractivity contribution < 1.29 is 63.0 Å². The number of carbonyl (C=O) groups excluding carboxylic acids is 3.